The number of pyridine rings is 3. The first kappa shape index (κ1) is 27.3. The summed E-state index contributed by atoms with van der Waals surface area (Å²) in [5.74, 6) is -1.97. The SMILES string of the molecule is Cc1cccc(-c2[nH]ncc2-c2ccc3nccc(C(=O)NCCCC[C@H](NC(=O)[C@@H](C)N)C(=O)O)c3n2)n1. The molecular weight excluding hydrogens is 500 g/mol. The van der Waals surface area contributed by atoms with E-state index in [1.165, 1.54) is 6.92 Å². The van der Waals surface area contributed by atoms with Crippen molar-refractivity contribution < 1.29 is 19.5 Å². The molecule has 0 saturated heterocycles. The number of amides is 2. The molecular formula is C27H30N8O4. The van der Waals surface area contributed by atoms with E-state index in [0.717, 1.165) is 22.6 Å². The van der Waals surface area contributed by atoms with Crippen LogP contribution in [-0.4, -0.2) is 66.7 Å². The van der Waals surface area contributed by atoms with Gasteiger partial charge in [0, 0.05) is 24.0 Å². The Morgan fingerprint density at radius 2 is 1.90 bits per heavy atom. The van der Waals surface area contributed by atoms with Crippen LogP contribution in [0.15, 0.2) is 48.8 Å². The summed E-state index contributed by atoms with van der Waals surface area (Å²) in [7, 11) is 0. The van der Waals surface area contributed by atoms with E-state index in [4.69, 9.17) is 10.7 Å². The Kier molecular flexibility index (Phi) is 8.56. The molecule has 0 fully saturated rings. The van der Waals surface area contributed by atoms with Crippen LogP contribution in [-0.2, 0) is 9.59 Å². The summed E-state index contributed by atoms with van der Waals surface area (Å²) >= 11 is 0. The number of hydrogen-bond acceptors (Lipinski definition) is 8. The molecule has 202 valence electrons. The lowest BCUT2D eigenvalue weighted by Gasteiger charge is -2.16. The van der Waals surface area contributed by atoms with E-state index in [1.807, 2.05) is 31.2 Å². The quantitative estimate of drug-likeness (QED) is 0.181. The number of aryl methyl sites for hydroxylation is 1. The largest absolute Gasteiger partial charge is 0.480 e. The number of carbonyl (C=O) groups is 3. The number of aliphatic carboxylic acids is 1. The highest BCUT2D eigenvalue weighted by atomic mass is 16.4. The summed E-state index contributed by atoms with van der Waals surface area (Å²) in [6.45, 7) is 3.72. The number of rotatable bonds is 11. The number of fused-ring (bicyclic) bond motifs is 1. The third-order valence-corrected chi connectivity index (χ3v) is 6.12. The van der Waals surface area contributed by atoms with Crippen molar-refractivity contribution in [3.63, 3.8) is 0 Å². The fourth-order valence-corrected chi connectivity index (χ4v) is 4.05. The normalized spacial score (nSPS) is 12.6. The summed E-state index contributed by atoms with van der Waals surface area (Å²) in [5, 5.41) is 21.8. The van der Waals surface area contributed by atoms with E-state index in [1.54, 1.807) is 24.5 Å². The lowest BCUT2D eigenvalue weighted by Crippen LogP contribution is -2.47. The van der Waals surface area contributed by atoms with Gasteiger partial charge in [-0.05, 0) is 63.4 Å². The summed E-state index contributed by atoms with van der Waals surface area (Å²) in [6.07, 6.45) is 4.44. The molecule has 0 radical (unpaired) electrons. The molecule has 0 aromatic carbocycles. The predicted molar refractivity (Wildman–Crippen MR) is 144 cm³/mol. The van der Waals surface area contributed by atoms with E-state index in [9.17, 15) is 19.5 Å². The van der Waals surface area contributed by atoms with E-state index in [0.29, 0.717) is 41.7 Å². The van der Waals surface area contributed by atoms with E-state index in [2.05, 4.69) is 30.8 Å². The molecule has 12 heteroatoms. The standard InChI is InChI=1S/C27H30N8O4/c1-15-6-5-8-21(32-15)24-18(14-31-35-24)19-9-10-20-23(33-19)17(11-13-29-20)26(37)30-12-4-3-7-22(27(38)39)34-25(36)16(2)28/h5-6,8-11,13-14,16,22H,3-4,7,12,28H2,1-2H3,(H,30,37)(H,31,35)(H,34,36)(H,38,39)/t16-,22+/m1/s1. The Bertz CT molecular complexity index is 1500. The first-order valence-corrected chi connectivity index (χ1v) is 12.5. The maximum Gasteiger partial charge on any atom is 0.326 e. The van der Waals surface area contributed by atoms with Gasteiger partial charge in [-0.15, -0.1) is 0 Å². The van der Waals surface area contributed by atoms with Crippen molar-refractivity contribution >= 4 is 28.8 Å². The molecule has 2 atom stereocenters. The fourth-order valence-electron chi connectivity index (χ4n) is 4.05. The van der Waals surface area contributed by atoms with Crippen LogP contribution in [0, 0.1) is 6.92 Å². The molecule has 0 bridgehead atoms. The second kappa shape index (κ2) is 12.2. The van der Waals surface area contributed by atoms with Crippen LogP contribution in [0.25, 0.3) is 33.7 Å². The first-order chi connectivity index (χ1) is 18.7. The Hall–Kier alpha value is -4.71. The highest BCUT2D eigenvalue weighted by Crippen LogP contribution is 2.29. The minimum Gasteiger partial charge on any atom is -0.480 e. The Labute approximate surface area is 224 Å². The molecule has 0 spiro atoms. The number of aromatic amines is 1. The minimum atomic E-state index is -1.13. The van der Waals surface area contributed by atoms with Gasteiger partial charge < -0.3 is 21.5 Å². The van der Waals surface area contributed by atoms with Gasteiger partial charge in [-0.2, -0.15) is 5.10 Å². The van der Waals surface area contributed by atoms with Crippen molar-refractivity contribution in [1.29, 1.82) is 0 Å². The number of unbranched alkanes of at least 4 members (excludes halogenated alkanes) is 1. The Balaban J connectivity index is 1.44. The molecule has 4 aromatic heterocycles. The first-order valence-electron chi connectivity index (χ1n) is 12.5. The van der Waals surface area contributed by atoms with Gasteiger partial charge in [0.1, 0.15) is 11.6 Å². The van der Waals surface area contributed by atoms with Gasteiger partial charge >= 0.3 is 5.97 Å². The number of nitrogens with one attached hydrogen (secondary N) is 3. The van der Waals surface area contributed by atoms with Gasteiger partial charge in [-0.25, -0.2) is 9.78 Å². The molecule has 12 nitrogen and oxygen atoms in total. The van der Waals surface area contributed by atoms with Crippen LogP contribution in [0.1, 0.15) is 42.2 Å². The number of hydrogen-bond donors (Lipinski definition) is 5. The number of aromatic nitrogens is 5. The van der Waals surface area contributed by atoms with Gasteiger partial charge in [0.15, 0.2) is 0 Å². The van der Waals surface area contributed by atoms with Crippen LogP contribution < -0.4 is 16.4 Å². The van der Waals surface area contributed by atoms with Crippen molar-refractivity contribution in [2.45, 2.75) is 45.2 Å². The maximum absolute atomic E-state index is 13.0. The van der Waals surface area contributed by atoms with Crippen molar-refractivity contribution in [1.82, 2.24) is 35.8 Å². The molecule has 0 unspecified atom stereocenters. The van der Waals surface area contributed by atoms with Gasteiger partial charge in [-0.3, -0.25) is 24.7 Å². The van der Waals surface area contributed by atoms with Crippen LogP contribution in [0.4, 0.5) is 0 Å². The molecule has 0 saturated carbocycles. The zero-order chi connectivity index (χ0) is 27.9. The van der Waals surface area contributed by atoms with Gasteiger partial charge in [0.2, 0.25) is 5.91 Å². The Morgan fingerprint density at radius 1 is 1.08 bits per heavy atom. The summed E-state index contributed by atoms with van der Waals surface area (Å²) in [5.41, 5.74) is 10.6. The van der Waals surface area contributed by atoms with Crippen LogP contribution >= 0.6 is 0 Å². The second-order valence-corrected chi connectivity index (χ2v) is 9.19. The summed E-state index contributed by atoms with van der Waals surface area (Å²) < 4.78 is 0. The molecule has 4 rings (SSSR count). The second-order valence-electron chi connectivity index (χ2n) is 9.19. The van der Waals surface area contributed by atoms with Crippen molar-refractivity contribution in [3.05, 3.63) is 60.0 Å². The maximum atomic E-state index is 13.0. The molecule has 4 heterocycles. The van der Waals surface area contributed by atoms with Gasteiger partial charge in [-0.1, -0.05) is 6.07 Å². The molecule has 0 aliphatic carbocycles. The highest BCUT2D eigenvalue weighted by molar-refractivity contribution is 6.05. The molecule has 0 aliphatic heterocycles. The third-order valence-electron chi connectivity index (χ3n) is 6.12. The van der Waals surface area contributed by atoms with E-state index >= 15 is 0 Å². The van der Waals surface area contributed by atoms with Crippen LogP contribution in [0.2, 0.25) is 0 Å². The number of carboxylic acid groups (broad SMARTS) is 1. The van der Waals surface area contributed by atoms with Crippen molar-refractivity contribution in [3.8, 4) is 22.6 Å². The summed E-state index contributed by atoms with van der Waals surface area (Å²) in [6, 6.07) is 9.12. The lowest BCUT2D eigenvalue weighted by molar-refractivity contribution is -0.142. The number of H-pyrrole nitrogens is 1. The molecule has 4 aromatic rings. The monoisotopic (exact) mass is 530 g/mol. The number of nitrogens with zero attached hydrogens (tertiary/aromatic N) is 4. The summed E-state index contributed by atoms with van der Waals surface area (Å²) in [4.78, 5) is 49.8. The van der Waals surface area contributed by atoms with E-state index in [-0.39, 0.29) is 12.3 Å². The molecule has 6 N–H and O–H groups in total. The van der Waals surface area contributed by atoms with Crippen LogP contribution in [0.5, 0.6) is 0 Å². The minimum absolute atomic E-state index is 0.218. The smallest absolute Gasteiger partial charge is 0.326 e. The fraction of sp³-hybridized carbons (Fsp3) is 0.296. The average molecular weight is 531 g/mol. The third kappa shape index (κ3) is 6.60. The zero-order valence-corrected chi connectivity index (χ0v) is 21.6. The van der Waals surface area contributed by atoms with Crippen molar-refractivity contribution in [2.24, 2.45) is 5.73 Å². The number of carboxylic acids is 1. The topological polar surface area (TPSA) is 189 Å². The van der Waals surface area contributed by atoms with Crippen LogP contribution in [0.3, 0.4) is 0 Å². The molecule has 2 amide bonds. The molecule has 39 heavy (non-hydrogen) atoms. The Morgan fingerprint density at radius 3 is 2.64 bits per heavy atom. The molecule has 0 aliphatic rings. The van der Waals surface area contributed by atoms with Gasteiger partial charge in [0.05, 0.1) is 40.4 Å². The van der Waals surface area contributed by atoms with E-state index < -0.39 is 24.0 Å². The predicted octanol–water partition coefficient (Wildman–Crippen LogP) is 2.21. The average Bonchev–Trinajstić information content (AvgIpc) is 3.41. The lowest BCUT2D eigenvalue weighted by atomic mass is 10.1. The highest BCUT2D eigenvalue weighted by Gasteiger charge is 2.21. The van der Waals surface area contributed by atoms with Gasteiger partial charge in [0.25, 0.3) is 5.91 Å². The number of nitrogens with two attached hydrogens (primary N) is 1. The zero-order valence-electron chi connectivity index (χ0n) is 21.6. The van der Waals surface area contributed by atoms with Crippen molar-refractivity contribution in [2.75, 3.05) is 6.54 Å². The number of carbonyl (C=O) groups excluding carboxylic acids is 2.